The maximum Gasteiger partial charge on any atom is 0.407 e. The van der Waals surface area contributed by atoms with E-state index >= 15 is 0 Å². The number of hydrogen-bond donors (Lipinski definition) is 6. The number of ketones is 1. The quantitative estimate of drug-likeness (QED) is 0.0438. The predicted molar refractivity (Wildman–Crippen MR) is 203 cm³/mol. The van der Waals surface area contributed by atoms with E-state index in [1.807, 2.05) is 0 Å². The Balaban J connectivity index is 0.000000599. The first kappa shape index (κ1) is 52.3. The van der Waals surface area contributed by atoms with Gasteiger partial charge in [0.05, 0.1) is 13.2 Å². The second-order valence-corrected chi connectivity index (χ2v) is 13.9. The fourth-order valence-electron chi connectivity index (χ4n) is 5.62. The third-order valence-corrected chi connectivity index (χ3v) is 8.98. The van der Waals surface area contributed by atoms with Crippen LogP contribution in [0.1, 0.15) is 122 Å². The van der Waals surface area contributed by atoms with Gasteiger partial charge in [0.2, 0.25) is 0 Å². The van der Waals surface area contributed by atoms with Gasteiger partial charge in [-0.25, -0.2) is 19.2 Å². The summed E-state index contributed by atoms with van der Waals surface area (Å²) in [4.78, 5) is 113. The summed E-state index contributed by atoms with van der Waals surface area (Å²) in [6.07, 6.45) is 5.33. The number of Topliss-reactive ketones (excluding diaryl/α,β-unsaturated/α-hetero) is 1. The molecule has 2 aliphatic heterocycles. The zero-order valence-electron chi connectivity index (χ0n) is 33.7. The van der Waals surface area contributed by atoms with Crippen molar-refractivity contribution in [2.45, 2.75) is 122 Å². The van der Waals surface area contributed by atoms with Gasteiger partial charge >= 0.3 is 24.1 Å². The van der Waals surface area contributed by atoms with Gasteiger partial charge in [0.1, 0.15) is 5.78 Å². The Morgan fingerprint density at radius 3 is 1.25 bits per heavy atom. The number of unbranched alkanes of at least 4 members (excludes halogenated alkanes) is 2. The molecule has 0 aromatic heterocycles. The molecule has 2 rings (SSSR count). The minimum atomic E-state index is -0.721. The molecule has 59 heavy (non-hydrogen) atoms. The minimum absolute atomic E-state index is 0.00122. The topological polar surface area (TPSA) is 302 Å². The van der Waals surface area contributed by atoms with E-state index in [0.29, 0.717) is 93.8 Å². The van der Waals surface area contributed by atoms with Crippen LogP contribution in [0, 0.1) is 11.8 Å². The summed E-state index contributed by atoms with van der Waals surface area (Å²) in [5.74, 6) is -3.52. The van der Waals surface area contributed by atoms with Crippen LogP contribution in [0.25, 0.3) is 0 Å². The molecule has 0 bridgehead atoms. The number of nitrogens with zero attached hydrogens (tertiary/aromatic N) is 2. The van der Waals surface area contributed by atoms with E-state index in [4.69, 9.17) is 39.6 Å². The summed E-state index contributed by atoms with van der Waals surface area (Å²) in [5, 5.41) is 41.8. The third kappa shape index (κ3) is 24.7. The van der Waals surface area contributed by atoms with E-state index in [2.05, 4.69) is 10.6 Å². The van der Waals surface area contributed by atoms with Gasteiger partial charge in [-0.1, -0.05) is 0 Å². The third-order valence-electron chi connectivity index (χ3n) is 8.98. The maximum atomic E-state index is 11.9. The summed E-state index contributed by atoms with van der Waals surface area (Å²) in [5.41, 5.74) is 0. The molecule has 0 saturated carbocycles. The molecule has 21 nitrogen and oxygen atoms in total. The Labute approximate surface area is 343 Å². The normalized spacial score (nSPS) is 14.6. The lowest BCUT2D eigenvalue weighted by atomic mass is 10.0. The highest BCUT2D eigenvalue weighted by Crippen LogP contribution is 2.16. The standard InChI is InChI=1S/C21H34N2O9.C17H28N2O8/c24-13-4-5-16(11-14-25)15-31-21(30)22-12-2-1-6-17(26)7-3-8-20(29)32-23-18(27)9-10-19(23)28;20-10-3-4-13(8-11-21)12-26-17(25)18-9-2-1-5-16(24)27-19-14(22)6-7-15(19)23/h16,24-25H,1-15H2,(H,22,30);13,20-21H,1-12H2,(H,18,25). The van der Waals surface area contributed by atoms with Crippen molar-refractivity contribution < 1.29 is 82.7 Å². The van der Waals surface area contributed by atoms with Crippen LogP contribution in [0.3, 0.4) is 0 Å². The Hall–Kier alpha value is -4.73. The van der Waals surface area contributed by atoms with Gasteiger partial charge in [0, 0.05) is 90.9 Å². The number of hydroxylamine groups is 4. The molecule has 2 heterocycles. The minimum Gasteiger partial charge on any atom is -0.449 e. The van der Waals surface area contributed by atoms with Crippen LogP contribution in [-0.4, -0.2) is 137 Å². The van der Waals surface area contributed by atoms with Crippen LogP contribution in [0.2, 0.25) is 0 Å². The average Bonchev–Trinajstić information content (AvgIpc) is 3.70. The largest absolute Gasteiger partial charge is 0.449 e. The molecule has 2 aliphatic rings. The van der Waals surface area contributed by atoms with Crippen molar-refractivity contribution >= 4 is 53.5 Å². The molecule has 2 saturated heterocycles. The zero-order chi connectivity index (χ0) is 43.8. The van der Waals surface area contributed by atoms with Crippen molar-refractivity contribution in [2.75, 3.05) is 52.7 Å². The number of ether oxygens (including phenoxy) is 2. The van der Waals surface area contributed by atoms with Crippen LogP contribution in [0.5, 0.6) is 0 Å². The summed E-state index contributed by atoms with van der Waals surface area (Å²) in [6, 6.07) is 0. The van der Waals surface area contributed by atoms with Gasteiger partial charge in [0.15, 0.2) is 0 Å². The van der Waals surface area contributed by atoms with Crippen LogP contribution in [0.4, 0.5) is 9.59 Å². The van der Waals surface area contributed by atoms with Crippen molar-refractivity contribution in [1.82, 2.24) is 20.8 Å². The molecule has 0 aromatic carbocycles. The summed E-state index contributed by atoms with van der Waals surface area (Å²) in [7, 11) is 0. The van der Waals surface area contributed by atoms with Gasteiger partial charge in [0.25, 0.3) is 23.6 Å². The summed E-state index contributed by atoms with van der Waals surface area (Å²) >= 11 is 0. The Bertz CT molecular complexity index is 1310. The second kappa shape index (κ2) is 32.2. The van der Waals surface area contributed by atoms with E-state index in [0.717, 1.165) is 0 Å². The van der Waals surface area contributed by atoms with E-state index in [1.54, 1.807) is 0 Å². The van der Waals surface area contributed by atoms with Crippen molar-refractivity contribution in [2.24, 2.45) is 11.8 Å². The molecule has 2 fully saturated rings. The first-order valence-corrected chi connectivity index (χ1v) is 20.2. The van der Waals surface area contributed by atoms with Crippen molar-refractivity contribution in [3.63, 3.8) is 0 Å². The summed E-state index contributed by atoms with van der Waals surface area (Å²) < 4.78 is 10.2. The number of aliphatic hydroxyl groups is 4. The van der Waals surface area contributed by atoms with Crippen molar-refractivity contribution in [3.8, 4) is 0 Å². The lowest BCUT2D eigenvalue weighted by molar-refractivity contribution is -0.197. The first-order valence-electron chi connectivity index (χ1n) is 20.2. The van der Waals surface area contributed by atoms with Gasteiger partial charge < -0.3 is 50.2 Å². The Morgan fingerprint density at radius 1 is 0.492 bits per heavy atom. The fraction of sp³-hybridized carbons (Fsp3) is 0.763. The van der Waals surface area contributed by atoms with E-state index in [1.165, 1.54) is 0 Å². The smallest absolute Gasteiger partial charge is 0.407 e. The molecular formula is C38H62N4O17. The van der Waals surface area contributed by atoms with Gasteiger partial charge in [-0.2, -0.15) is 0 Å². The van der Waals surface area contributed by atoms with E-state index in [9.17, 15) is 43.2 Å². The van der Waals surface area contributed by atoms with Crippen molar-refractivity contribution in [1.29, 1.82) is 0 Å². The molecule has 0 radical (unpaired) electrons. The molecule has 6 N–H and O–H groups in total. The maximum absolute atomic E-state index is 11.9. The molecule has 0 spiro atoms. The zero-order valence-corrected chi connectivity index (χ0v) is 33.7. The van der Waals surface area contributed by atoms with E-state index in [-0.39, 0.29) is 109 Å². The van der Waals surface area contributed by atoms with Gasteiger partial charge in [-0.05, 0) is 82.5 Å². The van der Waals surface area contributed by atoms with E-state index < -0.39 is 47.8 Å². The predicted octanol–water partition coefficient (Wildman–Crippen LogP) is 1.26. The number of hydrogen-bond acceptors (Lipinski definition) is 17. The molecule has 336 valence electrons. The highest BCUT2D eigenvalue weighted by atomic mass is 16.7. The van der Waals surface area contributed by atoms with Gasteiger partial charge in [-0.15, -0.1) is 10.1 Å². The molecule has 0 aromatic rings. The van der Waals surface area contributed by atoms with Gasteiger partial charge in [-0.3, -0.25) is 24.0 Å². The lowest BCUT2D eigenvalue weighted by Gasteiger charge is -2.15. The SMILES string of the molecule is O=C(CCCCNC(=O)OCC(CCO)CCCO)CCCC(=O)ON1C(=O)CCC1=O.O=C(CCCCNC(=O)OCC(CCO)CCCO)ON1C(=O)CCC1=O. The van der Waals surface area contributed by atoms with Crippen LogP contribution in [-0.2, 0) is 52.7 Å². The summed E-state index contributed by atoms with van der Waals surface area (Å²) in [6.45, 7) is 1.09. The van der Waals surface area contributed by atoms with Crippen LogP contribution >= 0.6 is 0 Å². The number of imide groups is 2. The number of amides is 6. The molecule has 6 amide bonds. The number of aliphatic hydroxyl groups excluding tert-OH is 4. The number of rotatable bonds is 30. The number of nitrogens with one attached hydrogen (secondary N) is 2. The lowest BCUT2D eigenvalue weighted by Crippen LogP contribution is -2.32. The molecule has 2 unspecified atom stereocenters. The second-order valence-electron chi connectivity index (χ2n) is 13.9. The average molecular weight is 847 g/mol. The first-order chi connectivity index (χ1) is 28.3. The number of carbonyl (C=O) groups is 9. The Kier molecular flexibility index (Phi) is 28.5. The van der Waals surface area contributed by atoms with Crippen molar-refractivity contribution in [3.05, 3.63) is 0 Å². The highest BCUT2D eigenvalue weighted by Gasteiger charge is 2.33. The number of alkyl carbamates (subject to hydrolysis) is 2. The highest BCUT2D eigenvalue weighted by molar-refractivity contribution is 6.02. The Morgan fingerprint density at radius 2 is 0.864 bits per heavy atom. The fourth-order valence-corrected chi connectivity index (χ4v) is 5.62. The molecule has 21 heteroatoms. The molecular weight excluding hydrogens is 784 g/mol. The van der Waals surface area contributed by atoms with Crippen LogP contribution < -0.4 is 10.6 Å². The molecule has 0 aliphatic carbocycles. The van der Waals surface area contributed by atoms with Crippen LogP contribution in [0.15, 0.2) is 0 Å². The molecule has 2 atom stereocenters. The monoisotopic (exact) mass is 846 g/mol. The number of carbonyl (C=O) groups excluding carboxylic acids is 9.